The molecule has 1 aromatic carbocycles. The molecular weight excluding hydrogens is 412 g/mol. The van der Waals surface area contributed by atoms with Gasteiger partial charge in [0, 0.05) is 22.7 Å². The minimum Gasteiger partial charge on any atom is -0.383 e. The largest absolute Gasteiger partial charge is 0.383 e. The minimum atomic E-state index is -0.203. The Kier molecular flexibility index (Phi) is 5.08. The number of piperidine rings is 1. The van der Waals surface area contributed by atoms with Gasteiger partial charge in [0.05, 0.1) is 11.4 Å². The zero-order chi connectivity index (χ0) is 21.4. The van der Waals surface area contributed by atoms with Crippen LogP contribution in [-0.2, 0) is 0 Å². The van der Waals surface area contributed by atoms with E-state index in [0.29, 0.717) is 16.5 Å². The minimum absolute atomic E-state index is 0.203. The zero-order valence-electron chi connectivity index (χ0n) is 17.0. The van der Waals surface area contributed by atoms with Gasteiger partial charge in [-0.1, -0.05) is 12.1 Å². The van der Waals surface area contributed by atoms with Gasteiger partial charge in [-0.3, -0.25) is 10.1 Å². The number of benzene rings is 1. The molecule has 0 aliphatic carbocycles. The molecule has 9 nitrogen and oxygen atoms in total. The number of thiazole rings is 1. The fourth-order valence-corrected chi connectivity index (χ4v) is 4.45. The summed E-state index contributed by atoms with van der Waals surface area (Å²) < 4.78 is 2.00. The number of nitrogens with two attached hydrogens (primary N) is 1. The maximum atomic E-state index is 12.5. The van der Waals surface area contributed by atoms with E-state index in [1.807, 2.05) is 22.2 Å². The molecule has 1 aliphatic heterocycles. The van der Waals surface area contributed by atoms with Crippen LogP contribution >= 0.6 is 11.3 Å². The molecule has 0 atom stereocenters. The second kappa shape index (κ2) is 8.05. The standard InChI is InChI=1S/C21H22N8OS/c1-28-9-6-15(7-10-28)29-19-16(18(22)24-12-25-19)17(27-29)13-2-4-14(5-3-13)20(30)26-21-23-8-11-31-21/h2-5,8,11-12,15H,6-7,9-10H2,1H3,(H2,22,24,25)(H,23,26,30). The van der Waals surface area contributed by atoms with Gasteiger partial charge in [-0.05, 0) is 45.1 Å². The summed E-state index contributed by atoms with van der Waals surface area (Å²) in [6, 6.07) is 7.58. The van der Waals surface area contributed by atoms with Crippen LogP contribution in [0.3, 0.4) is 0 Å². The number of aromatic nitrogens is 5. The average molecular weight is 435 g/mol. The molecule has 3 N–H and O–H groups in total. The van der Waals surface area contributed by atoms with E-state index >= 15 is 0 Å². The topological polar surface area (TPSA) is 115 Å². The number of carbonyl (C=O) groups excluding carboxylic acids is 1. The van der Waals surface area contributed by atoms with Gasteiger partial charge in [0.15, 0.2) is 10.8 Å². The zero-order valence-corrected chi connectivity index (χ0v) is 17.8. The highest BCUT2D eigenvalue weighted by Crippen LogP contribution is 2.34. The number of hydrogen-bond acceptors (Lipinski definition) is 8. The van der Waals surface area contributed by atoms with Crippen LogP contribution in [0.25, 0.3) is 22.3 Å². The van der Waals surface area contributed by atoms with Gasteiger partial charge in [-0.15, -0.1) is 11.3 Å². The van der Waals surface area contributed by atoms with E-state index in [2.05, 4.69) is 32.2 Å². The quantitative estimate of drug-likeness (QED) is 0.507. The number of hydrogen-bond donors (Lipinski definition) is 2. The Labute approximate surface area is 182 Å². The second-order valence-corrected chi connectivity index (χ2v) is 8.55. The molecule has 0 unspecified atom stereocenters. The first kappa shape index (κ1) is 19.6. The van der Waals surface area contributed by atoms with Crippen LogP contribution in [-0.4, -0.2) is 55.7 Å². The molecular formula is C21H22N8OS. The van der Waals surface area contributed by atoms with Gasteiger partial charge >= 0.3 is 0 Å². The molecule has 1 fully saturated rings. The van der Waals surface area contributed by atoms with Crippen molar-refractivity contribution < 1.29 is 4.79 Å². The highest BCUT2D eigenvalue weighted by Gasteiger charge is 2.25. The summed E-state index contributed by atoms with van der Waals surface area (Å²) in [5, 5.41) is 10.8. The van der Waals surface area contributed by atoms with Gasteiger partial charge in [-0.25, -0.2) is 19.6 Å². The first-order chi connectivity index (χ1) is 15.1. The van der Waals surface area contributed by atoms with Gasteiger partial charge in [0.25, 0.3) is 5.91 Å². The van der Waals surface area contributed by atoms with Gasteiger partial charge in [0.2, 0.25) is 0 Å². The van der Waals surface area contributed by atoms with Crippen LogP contribution in [0.15, 0.2) is 42.2 Å². The second-order valence-electron chi connectivity index (χ2n) is 7.65. The van der Waals surface area contributed by atoms with E-state index in [1.54, 1.807) is 18.3 Å². The van der Waals surface area contributed by atoms with Crippen molar-refractivity contribution >= 4 is 39.2 Å². The van der Waals surface area contributed by atoms with E-state index < -0.39 is 0 Å². The molecule has 3 aromatic heterocycles. The van der Waals surface area contributed by atoms with Crippen molar-refractivity contribution in [1.82, 2.24) is 29.6 Å². The normalized spacial score (nSPS) is 15.4. The van der Waals surface area contributed by atoms with Gasteiger partial charge in [0.1, 0.15) is 17.8 Å². The number of nitrogens with zero attached hydrogens (tertiary/aromatic N) is 6. The molecule has 4 aromatic rings. The molecule has 1 amide bonds. The number of nitrogen functional groups attached to an aromatic ring is 1. The van der Waals surface area contributed by atoms with E-state index in [1.165, 1.54) is 17.7 Å². The molecule has 5 rings (SSSR count). The Morgan fingerprint density at radius 1 is 1.16 bits per heavy atom. The number of likely N-dealkylation sites (tertiary alicyclic amines) is 1. The van der Waals surface area contributed by atoms with Crippen molar-refractivity contribution in [2.45, 2.75) is 18.9 Å². The van der Waals surface area contributed by atoms with Crippen molar-refractivity contribution in [2.24, 2.45) is 0 Å². The summed E-state index contributed by atoms with van der Waals surface area (Å²) in [5.74, 6) is 0.204. The maximum Gasteiger partial charge on any atom is 0.257 e. The predicted molar refractivity (Wildman–Crippen MR) is 121 cm³/mol. The Hall–Kier alpha value is -3.37. The van der Waals surface area contributed by atoms with Crippen molar-refractivity contribution in [1.29, 1.82) is 0 Å². The van der Waals surface area contributed by atoms with Crippen LogP contribution in [0.4, 0.5) is 10.9 Å². The molecule has 0 saturated carbocycles. The lowest BCUT2D eigenvalue weighted by Crippen LogP contribution is -2.31. The summed E-state index contributed by atoms with van der Waals surface area (Å²) in [7, 11) is 2.13. The van der Waals surface area contributed by atoms with Gasteiger partial charge in [-0.2, -0.15) is 5.10 Å². The Morgan fingerprint density at radius 3 is 2.65 bits per heavy atom. The molecule has 10 heteroatoms. The number of rotatable bonds is 4. The van der Waals surface area contributed by atoms with Crippen molar-refractivity contribution in [3.8, 4) is 11.3 Å². The molecule has 1 saturated heterocycles. The third-order valence-electron chi connectivity index (χ3n) is 5.63. The Bertz CT molecular complexity index is 1210. The lowest BCUT2D eigenvalue weighted by atomic mass is 10.1. The number of amides is 1. The van der Waals surface area contributed by atoms with E-state index in [9.17, 15) is 4.79 Å². The number of carbonyl (C=O) groups is 1. The molecule has 0 bridgehead atoms. The monoisotopic (exact) mass is 434 g/mol. The smallest absolute Gasteiger partial charge is 0.257 e. The third kappa shape index (κ3) is 3.75. The first-order valence-corrected chi connectivity index (χ1v) is 11.0. The number of anilines is 2. The van der Waals surface area contributed by atoms with Crippen LogP contribution in [0, 0.1) is 0 Å². The van der Waals surface area contributed by atoms with Crippen LogP contribution in [0.2, 0.25) is 0 Å². The molecule has 4 heterocycles. The van der Waals surface area contributed by atoms with Crippen molar-refractivity contribution in [2.75, 3.05) is 31.2 Å². The lowest BCUT2D eigenvalue weighted by Gasteiger charge is -2.29. The molecule has 1 aliphatic rings. The van der Waals surface area contributed by atoms with Crippen molar-refractivity contribution in [3.63, 3.8) is 0 Å². The third-order valence-corrected chi connectivity index (χ3v) is 6.31. The summed E-state index contributed by atoms with van der Waals surface area (Å²) in [6.07, 6.45) is 5.15. The van der Waals surface area contributed by atoms with E-state index in [0.717, 1.165) is 48.2 Å². The summed E-state index contributed by atoms with van der Waals surface area (Å²) in [6.45, 7) is 2.04. The summed E-state index contributed by atoms with van der Waals surface area (Å²) in [4.78, 5) is 27.5. The fraction of sp³-hybridized carbons (Fsp3) is 0.286. The molecule has 0 spiro atoms. The van der Waals surface area contributed by atoms with Crippen molar-refractivity contribution in [3.05, 3.63) is 47.7 Å². The summed E-state index contributed by atoms with van der Waals surface area (Å²) >= 11 is 1.38. The maximum absolute atomic E-state index is 12.5. The summed E-state index contributed by atoms with van der Waals surface area (Å²) in [5.41, 5.74) is 9.13. The Morgan fingerprint density at radius 2 is 1.94 bits per heavy atom. The molecule has 31 heavy (non-hydrogen) atoms. The first-order valence-electron chi connectivity index (χ1n) is 10.1. The van der Waals surface area contributed by atoms with E-state index in [4.69, 9.17) is 10.8 Å². The average Bonchev–Trinajstić information content (AvgIpc) is 3.43. The number of nitrogens with one attached hydrogen (secondary N) is 1. The predicted octanol–water partition coefficient (Wildman–Crippen LogP) is 3.05. The van der Waals surface area contributed by atoms with Crippen LogP contribution in [0.5, 0.6) is 0 Å². The fourth-order valence-electron chi connectivity index (χ4n) is 3.93. The van der Waals surface area contributed by atoms with E-state index in [-0.39, 0.29) is 11.9 Å². The highest BCUT2D eigenvalue weighted by molar-refractivity contribution is 7.13. The number of fused-ring (bicyclic) bond motifs is 1. The van der Waals surface area contributed by atoms with Crippen LogP contribution in [0.1, 0.15) is 29.2 Å². The molecule has 0 radical (unpaired) electrons. The Balaban J connectivity index is 1.49. The lowest BCUT2D eigenvalue weighted by molar-refractivity contribution is 0.102. The molecule has 158 valence electrons. The SMILES string of the molecule is CN1CCC(n2nc(-c3ccc(C(=O)Nc4nccs4)cc3)c3c(N)ncnc32)CC1. The van der Waals surface area contributed by atoms with Crippen LogP contribution < -0.4 is 11.1 Å². The highest BCUT2D eigenvalue weighted by atomic mass is 32.1. The van der Waals surface area contributed by atoms with Gasteiger partial charge < -0.3 is 10.6 Å².